The first-order chi connectivity index (χ1) is 14.5. The fourth-order valence-electron chi connectivity index (χ4n) is 2.99. The predicted octanol–water partition coefficient (Wildman–Crippen LogP) is 5.33. The van der Waals surface area contributed by atoms with E-state index in [9.17, 15) is 9.59 Å². The third-order valence-corrected chi connectivity index (χ3v) is 4.66. The molecule has 2 rings (SSSR count). The van der Waals surface area contributed by atoms with Crippen molar-refractivity contribution in [3.8, 4) is 0 Å². The first-order valence-electron chi connectivity index (χ1n) is 10.9. The summed E-state index contributed by atoms with van der Waals surface area (Å²) in [4.78, 5) is 28.8. The van der Waals surface area contributed by atoms with Crippen molar-refractivity contribution in [1.82, 2.24) is 10.3 Å². The molecular formula is C24H36N4O3. The number of amides is 2. The summed E-state index contributed by atoms with van der Waals surface area (Å²) in [6, 6.07) is 7.82. The number of nitrogens with zero attached hydrogens (tertiary/aromatic N) is 1. The number of anilines is 2. The second kappa shape index (κ2) is 10.5. The Hall–Kier alpha value is -2.83. The van der Waals surface area contributed by atoms with Gasteiger partial charge in [-0.25, -0.2) is 4.79 Å². The molecule has 0 aliphatic heterocycles. The SMILES string of the molecule is CCCCC(=O)Nc1cnc2ccccc2c1NCC(C)(C)CNC(=O)OC(C)(C)C. The highest BCUT2D eigenvalue weighted by molar-refractivity contribution is 6.02. The Labute approximate surface area is 185 Å². The minimum absolute atomic E-state index is 0.0205. The van der Waals surface area contributed by atoms with Crippen LogP contribution in [-0.4, -0.2) is 35.7 Å². The zero-order chi connectivity index (χ0) is 23.1. The number of pyridine rings is 1. The van der Waals surface area contributed by atoms with Crippen molar-refractivity contribution in [1.29, 1.82) is 0 Å². The van der Waals surface area contributed by atoms with Crippen LogP contribution in [0.15, 0.2) is 30.5 Å². The van der Waals surface area contributed by atoms with Crippen LogP contribution < -0.4 is 16.0 Å². The Bertz CT molecular complexity index is 903. The van der Waals surface area contributed by atoms with Gasteiger partial charge in [-0.1, -0.05) is 45.4 Å². The number of aromatic nitrogens is 1. The lowest BCUT2D eigenvalue weighted by Crippen LogP contribution is -2.40. The minimum Gasteiger partial charge on any atom is -0.444 e. The van der Waals surface area contributed by atoms with Crippen molar-refractivity contribution >= 4 is 34.3 Å². The molecule has 0 unspecified atom stereocenters. The van der Waals surface area contributed by atoms with Gasteiger partial charge in [0, 0.05) is 24.9 Å². The molecule has 0 saturated carbocycles. The second-order valence-electron chi connectivity index (χ2n) is 9.59. The van der Waals surface area contributed by atoms with E-state index < -0.39 is 11.7 Å². The van der Waals surface area contributed by atoms with Crippen molar-refractivity contribution in [2.24, 2.45) is 5.41 Å². The summed E-state index contributed by atoms with van der Waals surface area (Å²) in [5.74, 6) is -0.0205. The molecule has 1 aromatic heterocycles. The summed E-state index contributed by atoms with van der Waals surface area (Å²) in [6.07, 6.45) is 3.56. The number of alkyl carbamates (subject to hydrolysis) is 1. The lowest BCUT2D eigenvalue weighted by Gasteiger charge is -2.28. The fraction of sp³-hybridized carbons (Fsp3) is 0.542. The quantitative estimate of drug-likeness (QED) is 0.502. The molecule has 0 saturated heterocycles. The number of carbonyl (C=O) groups is 2. The van der Waals surface area contributed by atoms with Gasteiger partial charge in [-0.05, 0) is 38.7 Å². The minimum atomic E-state index is -0.534. The number of nitrogens with one attached hydrogen (secondary N) is 3. The van der Waals surface area contributed by atoms with Gasteiger partial charge in [0.1, 0.15) is 5.60 Å². The Morgan fingerprint density at radius 1 is 1.06 bits per heavy atom. The van der Waals surface area contributed by atoms with Crippen LogP contribution in [-0.2, 0) is 9.53 Å². The molecule has 2 aromatic rings. The Morgan fingerprint density at radius 2 is 1.77 bits per heavy atom. The maximum atomic E-state index is 12.3. The van der Waals surface area contributed by atoms with E-state index in [0.717, 1.165) is 29.4 Å². The zero-order valence-corrected chi connectivity index (χ0v) is 19.6. The van der Waals surface area contributed by atoms with E-state index in [4.69, 9.17) is 4.74 Å². The van der Waals surface area contributed by atoms with Crippen molar-refractivity contribution in [2.75, 3.05) is 23.7 Å². The van der Waals surface area contributed by atoms with E-state index in [2.05, 4.69) is 41.7 Å². The fourth-order valence-corrected chi connectivity index (χ4v) is 2.99. The Balaban J connectivity index is 2.13. The van der Waals surface area contributed by atoms with Crippen LogP contribution in [0.4, 0.5) is 16.2 Å². The number of hydrogen-bond donors (Lipinski definition) is 3. The Kier molecular flexibility index (Phi) is 8.25. The number of carbonyl (C=O) groups excluding carboxylic acids is 2. The molecule has 0 aliphatic carbocycles. The smallest absolute Gasteiger partial charge is 0.407 e. The van der Waals surface area contributed by atoms with E-state index >= 15 is 0 Å². The van der Waals surface area contributed by atoms with Crippen LogP contribution in [0.1, 0.15) is 60.8 Å². The number of ether oxygens (including phenoxy) is 1. The lowest BCUT2D eigenvalue weighted by atomic mass is 9.93. The van der Waals surface area contributed by atoms with Gasteiger partial charge in [-0.3, -0.25) is 9.78 Å². The summed E-state index contributed by atoms with van der Waals surface area (Å²) in [6.45, 7) is 12.7. The van der Waals surface area contributed by atoms with Crippen LogP contribution in [0, 0.1) is 5.41 Å². The lowest BCUT2D eigenvalue weighted by molar-refractivity contribution is -0.116. The number of unbranched alkanes of at least 4 members (excludes halogenated alkanes) is 1. The van der Waals surface area contributed by atoms with Gasteiger partial charge < -0.3 is 20.7 Å². The summed E-state index contributed by atoms with van der Waals surface area (Å²) in [7, 11) is 0. The molecule has 0 aliphatic rings. The summed E-state index contributed by atoms with van der Waals surface area (Å²) >= 11 is 0. The molecule has 1 heterocycles. The van der Waals surface area contributed by atoms with Gasteiger partial charge in [0.05, 0.1) is 23.1 Å². The molecule has 0 spiro atoms. The zero-order valence-electron chi connectivity index (χ0n) is 19.6. The summed E-state index contributed by atoms with van der Waals surface area (Å²) < 4.78 is 5.32. The number of para-hydroxylation sites is 1. The van der Waals surface area contributed by atoms with Gasteiger partial charge in [-0.15, -0.1) is 0 Å². The van der Waals surface area contributed by atoms with Crippen molar-refractivity contribution < 1.29 is 14.3 Å². The summed E-state index contributed by atoms with van der Waals surface area (Å²) in [5, 5.41) is 10.3. The first kappa shape index (κ1) is 24.4. The van der Waals surface area contributed by atoms with Crippen molar-refractivity contribution in [3.63, 3.8) is 0 Å². The molecule has 0 radical (unpaired) electrons. The highest BCUT2D eigenvalue weighted by Gasteiger charge is 2.23. The third-order valence-electron chi connectivity index (χ3n) is 4.66. The maximum Gasteiger partial charge on any atom is 0.407 e. The van der Waals surface area contributed by atoms with Gasteiger partial charge in [-0.2, -0.15) is 0 Å². The molecule has 7 heteroatoms. The number of hydrogen-bond acceptors (Lipinski definition) is 5. The largest absolute Gasteiger partial charge is 0.444 e. The molecule has 0 fully saturated rings. The molecule has 170 valence electrons. The van der Waals surface area contributed by atoms with Crippen molar-refractivity contribution in [3.05, 3.63) is 30.5 Å². The van der Waals surface area contributed by atoms with Crippen LogP contribution in [0.25, 0.3) is 10.9 Å². The van der Waals surface area contributed by atoms with E-state index in [-0.39, 0.29) is 11.3 Å². The van der Waals surface area contributed by atoms with E-state index in [1.54, 1.807) is 6.20 Å². The van der Waals surface area contributed by atoms with Gasteiger partial charge in [0.2, 0.25) is 5.91 Å². The van der Waals surface area contributed by atoms with Gasteiger partial charge in [0.25, 0.3) is 0 Å². The number of benzene rings is 1. The van der Waals surface area contributed by atoms with Crippen LogP contribution in [0.2, 0.25) is 0 Å². The number of fused-ring (bicyclic) bond motifs is 1. The monoisotopic (exact) mass is 428 g/mol. The average molecular weight is 429 g/mol. The van der Waals surface area contributed by atoms with Crippen LogP contribution >= 0.6 is 0 Å². The first-order valence-corrected chi connectivity index (χ1v) is 10.9. The van der Waals surface area contributed by atoms with E-state index in [1.807, 2.05) is 45.0 Å². The molecular weight excluding hydrogens is 392 g/mol. The Morgan fingerprint density at radius 3 is 2.45 bits per heavy atom. The number of rotatable bonds is 9. The standard InChI is InChI=1S/C24H36N4O3/c1-7-8-13-20(29)28-19-14-25-18-12-10-9-11-17(18)21(19)26-15-24(5,6)16-27-22(30)31-23(2,3)4/h9-12,14H,7-8,13,15-16H2,1-6H3,(H,25,26)(H,27,30)(H,28,29). The maximum absolute atomic E-state index is 12.3. The highest BCUT2D eigenvalue weighted by Crippen LogP contribution is 2.31. The second-order valence-corrected chi connectivity index (χ2v) is 9.59. The molecule has 7 nitrogen and oxygen atoms in total. The molecule has 3 N–H and O–H groups in total. The predicted molar refractivity (Wildman–Crippen MR) is 126 cm³/mol. The van der Waals surface area contributed by atoms with Crippen LogP contribution in [0.3, 0.4) is 0 Å². The molecule has 31 heavy (non-hydrogen) atoms. The van der Waals surface area contributed by atoms with Crippen LogP contribution in [0.5, 0.6) is 0 Å². The van der Waals surface area contributed by atoms with E-state index in [0.29, 0.717) is 25.2 Å². The van der Waals surface area contributed by atoms with Crippen molar-refractivity contribution in [2.45, 2.75) is 66.4 Å². The highest BCUT2D eigenvalue weighted by atomic mass is 16.6. The third kappa shape index (κ3) is 8.07. The van der Waals surface area contributed by atoms with Gasteiger partial charge in [0.15, 0.2) is 0 Å². The topological polar surface area (TPSA) is 92.4 Å². The average Bonchev–Trinajstić information content (AvgIpc) is 2.68. The molecule has 0 atom stereocenters. The molecule has 1 aromatic carbocycles. The molecule has 2 amide bonds. The normalized spacial score (nSPS) is 11.8. The van der Waals surface area contributed by atoms with Gasteiger partial charge >= 0.3 is 6.09 Å². The summed E-state index contributed by atoms with van der Waals surface area (Å²) in [5.41, 5.74) is 1.55. The van der Waals surface area contributed by atoms with E-state index in [1.165, 1.54) is 0 Å². The molecule has 0 bridgehead atoms.